The van der Waals surface area contributed by atoms with Gasteiger partial charge in [-0.1, -0.05) is 166 Å². The summed E-state index contributed by atoms with van der Waals surface area (Å²) in [5, 5.41) is 1.18. The first-order chi connectivity index (χ1) is 33.0. The van der Waals surface area contributed by atoms with Crippen molar-refractivity contribution in [3.8, 4) is 11.1 Å². The zero-order chi connectivity index (χ0) is 50.9. The number of furan rings is 1. The summed E-state index contributed by atoms with van der Waals surface area (Å²) in [5.41, 5.74) is 25.6. The van der Waals surface area contributed by atoms with Crippen LogP contribution < -0.4 is 26.4 Å². The van der Waals surface area contributed by atoms with Crippen LogP contribution in [0.1, 0.15) is 188 Å². The van der Waals surface area contributed by atoms with E-state index < -0.39 is 0 Å². The van der Waals surface area contributed by atoms with Crippen LogP contribution in [-0.2, 0) is 37.9 Å². The fraction of sp³-hybridized carbons (Fsp3) is 0.433. The molecule has 2 aliphatic heterocycles. The van der Waals surface area contributed by atoms with Crippen LogP contribution in [0.2, 0.25) is 0 Å². The monoisotopic (exact) mass is 939 g/mol. The Morgan fingerprint density at radius 1 is 0.465 bits per heavy atom. The van der Waals surface area contributed by atoms with E-state index in [0.29, 0.717) is 0 Å². The molecule has 11 rings (SSSR count). The fourth-order valence-corrected chi connectivity index (χ4v) is 13.0. The van der Waals surface area contributed by atoms with Crippen LogP contribution in [0.15, 0.2) is 108 Å². The van der Waals surface area contributed by atoms with E-state index in [1.807, 2.05) is 0 Å². The molecule has 2 aliphatic carbocycles. The average Bonchev–Trinajstić information content (AvgIpc) is 3.66. The van der Waals surface area contributed by atoms with E-state index in [1.165, 1.54) is 112 Å². The van der Waals surface area contributed by atoms with Gasteiger partial charge in [-0.2, -0.15) is 0 Å². The van der Waals surface area contributed by atoms with E-state index in [9.17, 15) is 0 Å². The highest BCUT2D eigenvalue weighted by molar-refractivity contribution is 7.00. The first-order valence-electron chi connectivity index (χ1n) is 26.9. The normalized spacial score (nSPS) is 18.4. The largest absolute Gasteiger partial charge is 0.468 e. The van der Waals surface area contributed by atoms with Crippen LogP contribution in [0.3, 0.4) is 0 Å². The second-order valence-electron chi connectivity index (χ2n) is 28.1. The summed E-state index contributed by atoms with van der Waals surface area (Å²) in [4.78, 5) is 5.30. The van der Waals surface area contributed by atoms with Crippen molar-refractivity contribution >= 4 is 68.4 Å². The molecule has 3 nitrogen and oxygen atoms in total. The predicted molar refractivity (Wildman–Crippen MR) is 307 cm³/mol. The third kappa shape index (κ3) is 7.49. The summed E-state index contributed by atoms with van der Waals surface area (Å²) in [5.74, 6) is 0. The van der Waals surface area contributed by atoms with Crippen LogP contribution in [0, 0.1) is 6.92 Å². The van der Waals surface area contributed by atoms with Gasteiger partial charge >= 0.3 is 0 Å². The van der Waals surface area contributed by atoms with Crippen molar-refractivity contribution in [2.75, 3.05) is 9.80 Å². The quantitative estimate of drug-likeness (QED) is 0.165. The van der Waals surface area contributed by atoms with Crippen molar-refractivity contribution in [3.63, 3.8) is 0 Å². The summed E-state index contributed by atoms with van der Waals surface area (Å²) < 4.78 is 7.50. The van der Waals surface area contributed by atoms with Crippen LogP contribution in [0.5, 0.6) is 0 Å². The van der Waals surface area contributed by atoms with E-state index in [4.69, 9.17) is 4.42 Å². The summed E-state index contributed by atoms with van der Waals surface area (Å²) in [6.45, 7) is 42.8. The molecular formula is C67H79BN2O. The molecule has 6 aromatic carbocycles. The molecule has 0 spiro atoms. The van der Waals surface area contributed by atoms with E-state index in [2.05, 4.69) is 238 Å². The molecular weight excluding hydrogens is 860 g/mol. The highest BCUT2D eigenvalue weighted by Gasteiger charge is 2.49. The van der Waals surface area contributed by atoms with Gasteiger partial charge in [-0.05, 0) is 186 Å². The van der Waals surface area contributed by atoms with E-state index in [-0.39, 0.29) is 44.6 Å². The zero-order valence-corrected chi connectivity index (χ0v) is 46.5. The molecule has 0 fully saturated rings. The number of nitrogens with zero attached hydrogens (tertiary/aromatic N) is 2. The maximum absolute atomic E-state index is 7.50. The molecule has 4 aliphatic rings. The Balaban J connectivity index is 1.27. The van der Waals surface area contributed by atoms with E-state index >= 15 is 0 Å². The van der Waals surface area contributed by atoms with Gasteiger partial charge in [0.2, 0.25) is 0 Å². The topological polar surface area (TPSA) is 19.6 Å². The fourth-order valence-electron chi connectivity index (χ4n) is 13.0. The zero-order valence-electron chi connectivity index (χ0n) is 46.5. The average molecular weight is 939 g/mol. The maximum Gasteiger partial charge on any atom is 0.297 e. The molecule has 71 heavy (non-hydrogen) atoms. The minimum Gasteiger partial charge on any atom is -0.468 e. The lowest BCUT2D eigenvalue weighted by Crippen LogP contribution is -2.61. The molecule has 366 valence electrons. The van der Waals surface area contributed by atoms with Crippen molar-refractivity contribution in [1.82, 2.24) is 0 Å². The number of aryl methyl sites for hydroxylation is 1. The third-order valence-electron chi connectivity index (χ3n) is 17.9. The Labute approximate surface area is 427 Å². The Kier molecular flexibility index (Phi) is 10.3. The molecule has 0 bridgehead atoms. The molecule has 0 atom stereocenters. The number of anilines is 6. The molecule has 4 heteroatoms. The van der Waals surface area contributed by atoms with Crippen LogP contribution in [0.25, 0.3) is 22.1 Å². The van der Waals surface area contributed by atoms with Gasteiger partial charge in [0.15, 0.2) is 0 Å². The molecule has 0 unspecified atom stereocenters. The van der Waals surface area contributed by atoms with Crippen LogP contribution in [-0.4, -0.2) is 6.71 Å². The number of benzene rings is 6. The Bertz CT molecular complexity index is 3330. The summed E-state index contributed by atoms with van der Waals surface area (Å²) in [6.07, 6.45) is 4.65. The molecule has 0 saturated carbocycles. The van der Waals surface area contributed by atoms with Gasteiger partial charge < -0.3 is 14.2 Å². The lowest BCUT2D eigenvalue weighted by atomic mass is 9.35. The van der Waals surface area contributed by atoms with Gasteiger partial charge in [-0.3, -0.25) is 0 Å². The summed E-state index contributed by atoms with van der Waals surface area (Å²) >= 11 is 0. The molecule has 0 N–H and O–H groups in total. The van der Waals surface area contributed by atoms with Crippen molar-refractivity contribution < 1.29 is 4.42 Å². The minimum absolute atomic E-state index is 0.0121. The molecule has 3 heterocycles. The molecule has 0 amide bonds. The molecule has 0 radical (unpaired) electrons. The van der Waals surface area contributed by atoms with Crippen molar-refractivity contribution in [1.29, 1.82) is 0 Å². The van der Waals surface area contributed by atoms with Gasteiger partial charge in [0.05, 0.1) is 17.0 Å². The summed E-state index contributed by atoms with van der Waals surface area (Å²) in [7, 11) is 0. The van der Waals surface area contributed by atoms with Gasteiger partial charge in [-0.25, -0.2) is 0 Å². The first-order valence-corrected chi connectivity index (χ1v) is 26.9. The number of fused-ring (bicyclic) bond motifs is 8. The smallest absolute Gasteiger partial charge is 0.297 e. The first kappa shape index (κ1) is 47.8. The van der Waals surface area contributed by atoms with Gasteiger partial charge in [-0.15, -0.1) is 0 Å². The second kappa shape index (κ2) is 15.3. The van der Waals surface area contributed by atoms with Crippen LogP contribution >= 0.6 is 0 Å². The SMILES string of the molecule is Cc1cc2c3c(c1)N(c1ccc4c(c1)C(C)(C)CCC4(C)C)c1c(oc4ccc(C(C)(C)C)cc14)B3c1cc(C(C)(C)C)ccc1N2c1cc2c(cc1-c1ccc(C(C)(C)C)cc1)C(C)(C)CCC2(C)C. The Hall–Kier alpha value is -5.48. The van der Waals surface area contributed by atoms with Gasteiger partial charge in [0, 0.05) is 33.7 Å². The Morgan fingerprint density at radius 3 is 1.56 bits per heavy atom. The third-order valence-corrected chi connectivity index (χ3v) is 17.9. The second-order valence-corrected chi connectivity index (χ2v) is 28.1. The van der Waals surface area contributed by atoms with Crippen molar-refractivity contribution in [3.05, 3.63) is 148 Å². The highest BCUT2D eigenvalue weighted by Crippen LogP contribution is 2.55. The van der Waals surface area contributed by atoms with E-state index in [1.54, 1.807) is 0 Å². The van der Waals surface area contributed by atoms with Crippen molar-refractivity contribution in [2.24, 2.45) is 0 Å². The minimum atomic E-state index is -0.138. The molecule has 1 aromatic heterocycles. The number of hydrogen-bond acceptors (Lipinski definition) is 3. The highest BCUT2D eigenvalue weighted by atomic mass is 16.3. The number of rotatable bonds is 3. The molecule has 0 saturated heterocycles. The van der Waals surface area contributed by atoms with Crippen molar-refractivity contribution in [2.45, 2.75) is 188 Å². The Morgan fingerprint density at radius 2 is 0.972 bits per heavy atom. The standard InChI is InChI=1S/C67H79BN2O/c1-40-33-55-58-56(34-40)70(54-39-51-50(66(15,16)31-32-67(51,17)18)38-46(54)41-19-21-42(22-20-41)61(2,3)4)53-27-23-44(63(8,9)10)36-52(53)68(58)60-59(47-35-43(62(5,6)7)24-28-57(47)71-60)69(55)45-25-26-48-49(37-45)65(13,14)30-29-64(48,11)12/h19-28,33-39H,29-32H2,1-18H3. The lowest BCUT2D eigenvalue weighted by Gasteiger charge is -2.46. The van der Waals surface area contributed by atoms with Gasteiger partial charge in [0.1, 0.15) is 5.58 Å². The predicted octanol–water partition coefficient (Wildman–Crippen LogP) is 17.1. The maximum atomic E-state index is 7.50. The summed E-state index contributed by atoms with van der Waals surface area (Å²) in [6, 6.07) is 41.5. The molecule has 7 aromatic rings. The van der Waals surface area contributed by atoms with Gasteiger partial charge in [0.25, 0.3) is 6.71 Å². The van der Waals surface area contributed by atoms with E-state index in [0.717, 1.165) is 30.5 Å². The lowest BCUT2D eigenvalue weighted by molar-refractivity contribution is 0.332. The number of hydrogen-bond donors (Lipinski definition) is 0. The van der Waals surface area contributed by atoms with Crippen LogP contribution in [0.4, 0.5) is 34.1 Å².